The third-order valence-corrected chi connectivity index (χ3v) is 11.1. The van der Waals surface area contributed by atoms with E-state index in [1.807, 2.05) is 37.8 Å². The van der Waals surface area contributed by atoms with Crippen molar-refractivity contribution in [2.75, 3.05) is 0 Å². The maximum absolute atomic E-state index is 10.8. The van der Waals surface area contributed by atoms with E-state index < -0.39 is 16.6 Å². The highest BCUT2D eigenvalue weighted by Gasteiger charge is 2.50. The molecule has 0 amide bonds. The molecule has 3 aliphatic rings. The SMILES string of the molecule is CC(C)(O)C(C)(C)OBc1cccc2c1Sc1ccccc1C21c2ccccc2-c2ccc(C3C=CC(C#N)=CC3)cc21. The average molecular weight is 580 g/mol. The summed E-state index contributed by atoms with van der Waals surface area (Å²) in [6.07, 6.45) is 6.99. The lowest BCUT2D eigenvalue weighted by molar-refractivity contribution is -0.0893. The molecule has 2 aliphatic carbocycles. The zero-order chi connectivity index (χ0) is 30.0. The summed E-state index contributed by atoms with van der Waals surface area (Å²) in [5.74, 6) is 0.222. The van der Waals surface area contributed by atoms with Gasteiger partial charge in [0.1, 0.15) is 0 Å². The summed E-state index contributed by atoms with van der Waals surface area (Å²) in [4.78, 5) is 2.47. The zero-order valence-electron chi connectivity index (χ0n) is 25.0. The van der Waals surface area contributed by atoms with Gasteiger partial charge < -0.3 is 9.76 Å². The molecule has 0 aromatic heterocycles. The van der Waals surface area contributed by atoms with Crippen LogP contribution in [0.4, 0.5) is 0 Å². The van der Waals surface area contributed by atoms with E-state index in [0.29, 0.717) is 7.48 Å². The highest BCUT2D eigenvalue weighted by atomic mass is 32.2. The number of allylic oxidation sites excluding steroid dienone is 4. The second-order valence-electron chi connectivity index (χ2n) is 12.8. The highest BCUT2D eigenvalue weighted by molar-refractivity contribution is 7.99. The Balaban J connectivity index is 1.45. The molecule has 0 radical (unpaired) electrons. The molecule has 1 heterocycles. The molecule has 5 heteroatoms. The Labute approximate surface area is 259 Å². The molecule has 0 bridgehead atoms. The molecule has 2 atom stereocenters. The van der Waals surface area contributed by atoms with E-state index in [-0.39, 0.29) is 5.92 Å². The van der Waals surface area contributed by atoms with Crippen molar-refractivity contribution in [2.24, 2.45) is 0 Å². The number of hydrogen-bond donors (Lipinski definition) is 1. The maximum Gasteiger partial charge on any atom is 0.310 e. The van der Waals surface area contributed by atoms with Crippen molar-refractivity contribution in [3.63, 3.8) is 0 Å². The predicted octanol–water partition coefficient (Wildman–Crippen LogP) is 7.55. The van der Waals surface area contributed by atoms with Crippen LogP contribution >= 0.6 is 11.8 Å². The van der Waals surface area contributed by atoms with Crippen LogP contribution in [0, 0.1) is 11.3 Å². The molecule has 3 nitrogen and oxygen atoms in total. The van der Waals surface area contributed by atoms with Gasteiger partial charge in [0.15, 0.2) is 0 Å². The lowest BCUT2D eigenvalue weighted by Gasteiger charge is -2.41. The van der Waals surface area contributed by atoms with Crippen LogP contribution in [0.15, 0.2) is 119 Å². The van der Waals surface area contributed by atoms with Crippen molar-refractivity contribution < 1.29 is 9.76 Å². The molecular weight excluding hydrogens is 545 g/mol. The molecule has 7 rings (SSSR count). The maximum atomic E-state index is 10.8. The molecule has 4 aromatic carbocycles. The lowest BCUT2D eigenvalue weighted by Crippen LogP contribution is -2.49. The van der Waals surface area contributed by atoms with Gasteiger partial charge in [0.25, 0.3) is 0 Å². The zero-order valence-corrected chi connectivity index (χ0v) is 25.8. The van der Waals surface area contributed by atoms with Crippen molar-refractivity contribution >= 4 is 24.7 Å². The van der Waals surface area contributed by atoms with Gasteiger partial charge >= 0.3 is 7.48 Å². The lowest BCUT2D eigenvalue weighted by atomic mass is 9.65. The first-order chi connectivity index (χ1) is 20.6. The number of fused-ring (bicyclic) bond motifs is 9. The number of nitrogens with zero attached hydrogens (tertiary/aromatic N) is 1. The van der Waals surface area contributed by atoms with E-state index in [4.69, 9.17) is 4.65 Å². The molecule has 212 valence electrons. The second-order valence-corrected chi connectivity index (χ2v) is 13.9. The van der Waals surface area contributed by atoms with Crippen molar-refractivity contribution in [3.8, 4) is 17.2 Å². The minimum Gasteiger partial charge on any atom is -0.427 e. The van der Waals surface area contributed by atoms with Gasteiger partial charge in [-0.1, -0.05) is 103 Å². The fraction of sp³-hybridized carbons (Fsp3) is 0.237. The molecule has 0 saturated heterocycles. The molecule has 1 aliphatic heterocycles. The molecule has 43 heavy (non-hydrogen) atoms. The summed E-state index contributed by atoms with van der Waals surface area (Å²) in [7, 11) is 0.403. The number of nitriles is 1. The topological polar surface area (TPSA) is 53.2 Å². The fourth-order valence-corrected chi connectivity index (χ4v) is 8.01. The normalized spacial score (nSPS) is 20.0. The van der Waals surface area contributed by atoms with Gasteiger partial charge in [-0.15, -0.1) is 0 Å². The number of hydrogen-bond acceptors (Lipinski definition) is 4. The minimum absolute atomic E-state index is 0.222. The van der Waals surface area contributed by atoms with Crippen molar-refractivity contribution in [3.05, 3.63) is 137 Å². The van der Waals surface area contributed by atoms with Gasteiger partial charge in [-0.2, -0.15) is 5.26 Å². The largest absolute Gasteiger partial charge is 0.427 e. The minimum atomic E-state index is -0.987. The van der Waals surface area contributed by atoms with Crippen LogP contribution in [0.3, 0.4) is 0 Å². The van der Waals surface area contributed by atoms with E-state index >= 15 is 0 Å². The van der Waals surface area contributed by atoms with Crippen LogP contribution in [-0.4, -0.2) is 23.8 Å². The van der Waals surface area contributed by atoms with Crippen molar-refractivity contribution in [1.29, 1.82) is 5.26 Å². The summed E-state index contributed by atoms with van der Waals surface area (Å²) < 4.78 is 6.44. The Bertz CT molecular complexity index is 1880. The second kappa shape index (κ2) is 10.1. The van der Waals surface area contributed by atoms with Crippen LogP contribution < -0.4 is 5.46 Å². The predicted molar refractivity (Wildman–Crippen MR) is 176 cm³/mol. The quantitative estimate of drug-likeness (QED) is 0.214. The smallest absolute Gasteiger partial charge is 0.310 e. The van der Waals surface area contributed by atoms with Crippen LogP contribution in [0.25, 0.3) is 11.1 Å². The first-order valence-electron chi connectivity index (χ1n) is 14.9. The van der Waals surface area contributed by atoms with Crippen LogP contribution in [0.5, 0.6) is 0 Å². The number of benzene rings is 4. The van der Waals surface area contributed by atoms with Gasteiger partial charge in [-0.25, -0.2) is 0 Å². The summed E-state index contributed by atoms with van der Waals surface area (Å²) in [6.45, 7) is 7.50. The molecule has 0 saturated carbocycles. The van der Waals surface area contributed by atoms with Crippen LogP contribution in [0.2, 0.25) is 0 Å². The summed E-state index contributed by atoms with van der Waals surface area (Å²) in [5.41, 5.74) is 8.65. The van der Waals surface area contributed by atoms with E-state index in [9.17, 15) is 10.4 Å². The Hall–Kier alpha value is -3.82. The first-order valence-corrected chi connectivity index (χ1v) is 15.8. The third-order valence-electron chi connectivity index (χ3n) is 9.79. The Morgan fingerprint density at radius 2 is 1.60 bits per heavy atom. The van der Waals surface area contributed by atoms with E-state index in [0.717, 1.165) is 17.5 Å². The van der Waals surface area contributed by atoms with E-state index in [2.05, 4.69) is 97.1 Å². The Kier molecular flexibility index (Phi) is 6.59. The highest BCUT2D eigenvalue weighted by Crippen LogP contribution is 2.62. The van der Waals surface area contributed by atoms with Gasteiger partial charge in [-0.3, -0.25) is 0 Å². The number of rotatable bonds is 5. The van der Waals surface area contributed by atoms with Gasteiger partial charge in [0.05, 0.1) is 22.7 Å². The molecule has 2 unspecified atom stereocenters. The summed E-state index contributed by atoms with van der Waals surface area (Å²) in [6, 6.07) is 33.6. The summed E-state index contributed by atoms with van der Waals surface area (Å²) in [5, 5.41) is 20.2. The Morgan fingerprint density at radius 1 is 0.884 bits per heavy atom. The molecule has 1 N–H and O–H groups in total. The van der Waals surface area contributed by atoms with Gasteiger partial charge in [0, 0.05) is 21.3 Å². The van der Waals surface area contributed by atoms with Crippen molar-refractivity contribution in [2.45, 2.75) is 66.4 Å². The van der Waals surface area contributed by atoms with Crippen LogP contribution in [-0.2, 0) is 10.1 Å². The fourth-order valence-electron chi connectivity index (χ4n) is 6.73. The standard InChI is InChI=1S/C38H34BNO2S/c1-36(2,41)37(3,4)42-39-33-14-9-13-31-35(33)43-34-15-8-7-12-30(34)38(31)29-11-6-5-10-27(29)28-21-20-26(22-32(28)38)25-18-16-24(23-40)17-19-25/h5-18,20-22,25,39,41H,19H2,1-4H3. The third kappa shape index (κ3) is 4.27. The van der Waals surface area contributed by atoms with E-state index in [1.54, 1.807) is 13.8 Å². The molecule has 1 spiro atoms. The number of aliphatic hydroxyl groups is 1. The van der Waals surface area contributed by atoms with Crippen LogP contribution in [0.1, 0.15) is 67.9 Å². The molecular formula is C38H34BNO2S. The van der Waals surface area contributed by atoms with E-state index in [1.165, 1.54) is 48.7 Å². The summed E-state index contributed by atoms with van der Waals surface area (Å²) >= 11 is 1.82. The monoisotopic (exact) mass is 579 g/mol. The molecule has 4 aromatic rings. The van der Waals surface area contributed by atoms with Gasteiger partial charge in [0.2, 0.25) is 0 Å². The Morgan fingerprint density at radius 3 is 2.35 bits per heavy atom. The van der Waals surface area contributed by atoms with Gasteiger partial charge in [-0.05, 0) is 90.7 Å². The molecule has 0 fully saturated rings. The first kappa shape index (κ1) is 28.0. The average Bonchev–Trinajstić information content (AvgIpc) is 3.30. The van der Waals surface area contributed by atoms with Crippen molar-refractivity contribution in [1.82, 2.24) is 0 Å².